The lowest BCUT2D eigenvalue weighted by Crippen LogP contribution is -2.65. The van der Waals surface area contributed by atoms with Gasteiger partial charge in [-0.2, -0.15) is 0 Å². The van der Waals surface area contributed by atoms with Crippen molar-refractivity contribution in [1.82, 2.24) is 0 Å². The van der Waals surface area contributed by atoms with Crippen molar-refractivity contribution < 1.29 is 33.3 Å². The van der Waals surface area contributed by atoms with Crippen molar-refractivity contribution in [3.05, 3.63) is 40.8 Å². The number of methoxy groups -OCH3 is 1. The quantitative estimate of drug-likeness (QED) is 0.757. The fourth-order valence-corrected chi connectivity index (χ4v) is 3.20. The van der Waals surface area contributed by atoms with Crippen LogP contribution in [0.5, 0.6) is 5.75 Å². The van der Waals surface area contributed by atoms with Crippen LogP contribution in [0.3, 0.4) is 0 Å². The van der Waals surface area contributed by atoms with Crippen LogP contribution < -0.4 is 16.1 Å². The maximum absolute atomic E-state index is 11.3. The van der Waals surface area contributed by atoms with Crippen LogP contribution >= 0.6 is 0 Å². The summed E-state index contributed by atoms with van der Waals surface area (Å²) in [6.45, 7) is 3.44. The molecule has 3 N–H and O–H groups in total. The summed E-state index contributed by atoms with van der Waals surface area (Å²) in [6.07, 6.45) is -5.38. The lowest BCUT2D eigenvalue weighted by molar-refractivity contribution is -0.304. The zero-order valence-corrected chi connectivity index (χ0v) is 15.1. The van der Waals surface area contributed by atoms with E-state index in [1.165, 1.54) is 13.2 Å². The van der Waals surface area contributed by atoms with E-state index in [1.807, 2.05) is 0 Å². The van der Waals surface area contributed by atoms with E-state index in [2.05, 4.69) is 0 Å². The van der Waals surface area contributed by atoms with E-state index in [0.717, 1.165) is 0 Å². The number of nitrogens with two attached hydrogens (primary N) is 1. The van der Waals surface area contributed by atoms with Crippen LogP contribution in [0.1, 0.15) is 13.8 Å². The van der Waals surface area contributed by atoms with Crippen molar-refractivity contribution in [2.45, 2.75) is 44.1 Å². The zero-order chi connectivity index (χ0) is 19.8. The molecule has 1 aliphatic heterocycles. The third-order valence-electron chi connectivity index (χ3n) is 4.37. The number of aliphatic hydroxyl groups is 1. The molecule has 1 saturated heterocycles. The van der Waals surface area contributed by atoms with E-state index in [0.29, 0.717) is 16.7 Å². The Bertz CT molecular complexity index is 892. The molecule has 0 bridgehead atoms. The molecule has 9 heteroatoms. The molecule has 1 aromatic carbocycles. The molecule has 2 unspecified atom stereocenters. The van der Waals surface area contributed by atoms with Crippen molar-refractivity contribution in [2.75, 3.05) is 7.11 Å². The molecule has 2 heterocycles. The van der Waals surface area contributed by atoms with Gasteiger partial charge in [0.15, 0.2) is 12.2 Å². The normalized spacial score (nSPS) is 27.3. The molecule has 0 saturated carbocycles. The summed E-state index contributed by atoms with van der Waals surface area (Å²) in [5.74, 6) is 0.366. The number of primary amides is 1. The highest BCUT2D eigenvalue weighted by Crippen LogP contribution is 2.34. The van der Waals surface area contributed by atoms with Crippen LogP contribution in [-0.4, -0.2) is 48.5 Å². The van der Waals surface area contributed by atoms with Gasteiger partial charge in [-0.05, 0) is 38.1 Å². The Balaban J connectivity index is 1.88. The second kappa shape index (κ2) is 7.18. The first-order valence-corrected chi connectivity index (χ1v) is 8.26. The summed E-state index contributed by atoms with van der Waals surface area (Å²) >= 11 is 0. The SMILES string of the molecule is CO[C@@H]1C(OC(N)=O)[C@H](O)C(Oc2ccc3oc(=O)ccc3c2)OC1(C)C. The second-order valence-electron chi connectivity index (χ2n) is 6.71. The molecule has 9 nitrogen and oxygen atoms in total. The van der Waals surface area contributed by atoms with E-state index in [4.69, 9.17) is 29.1 Å². The molecule has 1 aromatic heterocycles. The molecule has 4 atom stereocenters. The monoisotopic (exact) mass is 379 g/mol. The van der Waals surface area contributed by atoms with Crippen LogP contribution in [0, 0.1) is 0 Å². The fourth-order valence-electron chi connectivity index (χ4n) is 3.20. The minimum atomic E-state index is -1.35. The Labute approximate surface area is 154 Å². The summed E-state index contributed by atoms with van der Waals surface area (Å²) < 4.78 is 27.1. The van der Waals surface area contributed by atoms with E-state index >= 15 is 0 Å². The number of carbonyl (C=O) groups is 1. The van der Waals surface area contributed by atoms with Crippen LogP contribution in [0.15, 0.2) is 39.5 Å². The van der Waals surface area contributed by atoms with E-state index < -0.39 is 41.9 Å². The van der Waals surface area contributed by atoms with Gasteiger partial charge in [0.25, 0.3) is 0 Å². The first-order valence-electron chi connectivity index (χ1n) is 8.26. The number of amides is 1. The molecule has 1 amide bonds. The third kappa shape index (κ3) is 3.90. The van der Waals surface area contributed by atoms with Crippen molar-refractivity contribution in [3.8, 4) is 5.75 Å². The van der Waals surface area contributed by atoms with E-state index in [1.54, 1.807) is 38.1 Å². The minimum Gasteiger partial charge on any atom is -0.462 e. The van der Waals surface area contributed by atoms with Gasteiger partial charge in [-0.25, -0.2) is 9.59 Å². The number of benzene rings is 1. The number of carbonyl (C=O) groups excluding carboxylic acids is 1. The number of aliphatic hydroxyl groups excluding tert-OH is 1. The van der Waals surface area contributed by atoms with Crippen molar-refractivity contribution in [2.24, 2.45) is 5.73 Å². The van der Waals surface area contributed by atoms with Gasteiger partial charge in [0.2, 0.25) is 6.29 Å². The molecule has 146 valence electrons. The van der Waals surface area contributed by atoms with Gasteiger partial charge >= 0.3 is 11.7 Å². The smallest absolute Gasteiger partial charge is 0.404 e. The summed E-state index contributed by atoms with van der Waals surface area (Å²) in [6, 6.07) is 7.66. The average molecular weight is 379 g/mol. The lowest BCUT2D eigenvalue weighted by atomic mass is 9.89. The summed E-state index contributed by atoms with van der Waals surface area (Å²) in [4.78, 5) is 22.5. The van der Waals surface area contributed by atoms with Gasteiger partial charge < -0.3 is 34.2 Å². The van der Waals surface area contributed by atoms with Gasteiger partial charge in [0.1, 0.15) is 17.4 Å². The Hall–Kier alpha value is -2.62. The van der Waals surface area contributed by atoms with Gasteiger partial charge in [0.05, 0.1) is 5.60 Å². The van der Waals surface area contributed by atoms with Crippen LogP contribution in [-0.2, 0) is 14.2 Å². The number of hydrogen-bond donors (Lipinski definition) is 2. The van der Waals surface area contributed by atoms with Crippen molar-refractivity contribution in [1.29, 1.82) is 0 Å². The maximum atomic E-state index is 11.3. The van der Waals surface area contributed by atoms with Gasteiger partial charge in [-0.1, -0.05) is 0 Å². The Kier molecular flexibility index (Phi) is 5.09. The van der Waals surface area contributed by atoms with E-state index in [-0.39, 0.29) is 0 Å². The largest absolute Gasteiger partial charge is 0.462 e. The summed E-state index contributed by atoms with van der Waals surface area (Å²) in [7, 11) is 1.41. The highest BCUT2D eigenvalue weighted by Gasteiger charge is 2.53. The van der Waals surface area contributed by atoms with Crippen LogP contribution in [0.4, 0.5) is 4.79 Å². The fraction of sp³-hybridized carbons (Fsp3) is 0.444. The molecule has 0 radical (unpaired) electrons. The third-order valence-corrected chi connectivity index (χ3v) is 4.37. The van der Waals surface area contributed by atoms with Crippen LogP contribution in [0.2, 0.25) is 0 Å². The van der Waals surface area contributed by atoms with Gasteiger partial charge in [-0.3, -0.25) is 0 Å². The Morgan fingerprint density at radius 1 is 1.26 bits per heavy atom. The molecular formula is C18H21NO8. The minimum absolute atomic E-state index is 0.366. The molecule has 3 rings (SSSR count). The highest BCUT2D eigenvalue weighted by atomic mass is 16.7. The molecule has 0 spiro atoms. The number of hydrogen-bond acceptors (Lipinski definition) is 8. The molecule has 0 aliphatic carbocycles. The summed E-state index contributed by atoms with van der Waals surface area (Å²) in [5.41, 5.74) is 4.12. The molecule has 2 aromatic rings. The van der Waals surface area contributed by atoms with Gasteiger partial charge in [0, 0.05) is 18.6 Å². The summed E-state index contributed by atoms with van der Waals surface area (Å²) in [5, 5.41) is 11.2. The first-order chi connectivity index (χ1) is 12.7. The molecule has 1 aliphatic rings. The first kappa shape index (κ1) is 19.2. The molecule has 27 heavy (non-hydrogen) atoms. The highest BCUT2D eigenvalue weighted by molar-refractivity contribution is 5.77. The van der Waals surface area contributed by atoms with E-state index in [9.17, 15) is 14.7 Å². The Morgan fingerprint density at radius 3 is 2.67 bits per heavy atom. The number of fused-ring (bicyclic) bond motifs is 1. The van der Waals surface area contributed by atoms with Crippen molar-refractivity contribution >= 4 is 17.1 Å². The lowest BCUT2D eigenvalue weighted by Gasteiger charge is -2.47. The number of ether oxygens (including phenoxy) is 4. The van der Waals surface area contributed by atoms with Crippen LogP contribution in [0.25, 0.3) is 11.0 Å². The zero-order valence-electron chi connectivity index (χ0n) is 15.1. The average Bonchev–Trinajstić information content (AvgIpc) is 2.58. The van der Waals surface area contributed by atoms with Gasteiger partial charge in [-0.15, -0.1) is 0 Å². The molecule has 1 fully saturated rings. The maximum Gasteiger partial charge on any atom is 0.404 e. The Morgan fingerprint density at radius 2 is 2.00 bits per heavy atom. The predicted molar refractivity (Wildman–Crippen MR) is 93.3 cm³/mol. The molecular weight excluding hydrogens is 358 g/mol. The topological polar surface area (TPSA) is 130 Å². The van der Waals surface area contributed by atoms with Crippen molar-refractivity contribution in [3.63, 3.8) is 0 Å². The second-order valence-corrected chi connectivity index (χ2v) is 6.71. The predicted octanol–water partition coefficient (Wildman–Crippen LogP) is 1.15. The standard InChI is InChI=1S/C18H21NO8/c1-18(2)15(23-3)14(26-17(19)22)13(21)16(27-18)24-10-5-6-11-9(8-10)4-7-12(20)25-11/h4-8,13-16,21H,1-3H3,(H2,19,22)/t13-,14?,15+,16?/m0/s1. The number of rotatable bonds is 4.